The van der Waals surface area contributed by atoms with Crippen molar-refractivity contribution in [3.63, 3.8) is 0 Å². The van der Waals surface area contributed by atoms with Gasteiger partial charge in [-0.3, -0.25) is 9.59 Å². The fraction of sp³-hybridized carbons (Fsp3) is 0.831. The third-order valence-electron chi connectivity index (χ3n) is 12.3. The van der Waals surface area contributed by atoms with Crippen molar-refractivity contribution in [2.24, 2.45) is 0 Å². The van der Waals surface area contributed by atoms with Gasteiger partial charge in [0.15, 0.2) is 6.10 Å². The number of ether oxygens (including phenoxy) is 3. The number of hydrogen-bond acceptors (Lipinski definition) is 5. The van der Waals surface area contributed by atoms with Gasteiger partial charge in [-0.1, -0.05) is 249 Å². The van der Waals surface area contributed by atoms with Gasteiger partial charge in [0.05, 0.1) is 6.61 Å². The monoisotopic (exact) mass is 897 g/mol. The molecule has 0 N–H and O–H groups in total. The maximum Gasteiger partial charge on any atom is 0.306 e. The topological polar surface area (TPSA) is 61.8 Å². The molecule has 1 atom stereocenters. The third-order valence-corrected chi connectivity index (χ3v) is 12.3. The first-order valence-electron chi connectivity index (χ1n) is 28.2. The van der Waals surface area contributed by atoms with Gasteiger partial charge >= 0.3 is 11.9 Å². The van der Waals surface area contributed by atoms with Crippen molar-refractivity contribution >= 4 is 11.9 Å². The summed E-state index contributed by atoms with van der Waals surface area (Å²) in [4.78, 5) is 25.4. The van der Waals surface area contributed by atoms with Crippen molar-refractivity contribution in [3.05, 3.63) is 48.6 Å². The van der Waals surface area contributed by atoms with Crippen molar-refractivity contribution in [3.8, 4) is 0 Å². The second kappa shape index (κ2) is 55.2. The van der Waals surface area contributed by atoms with Gasteiger partial charge in [0, 0.05) is 19.4 Å². The molecule has 5 nitrogen and oxygen atoms in total. The zero-order valence-corrected chi connectivity index (χ0v) is 43.1. The number of hydrogen-bond donors (Lipinski definition) is 0. The van der Waals surface area contributed by atoms with Gasteiger partial charge in [-0.05, 0) is 77.0 Å². The standard InChI is InChI=1S/C59H108O5/c1-4-7-10-13-16-19-22-25-27-29-31-33-36-39-42-45-48-51-54-62-55-57(64-59(61)53-50-47-44-41-38-34-24-21-18-15-12-9-6-3)56-63-58(60)52-49-46-43-40-37-35-32-30-28-26-23-20-17-14-11-8-5-2/h9,12,18,21,26,28,34,38,57H,4-8,10-11,13-17,19-20,22-25,27,29-33,35-37,39-56H2,1-3H3/b12-9-,21-18-,28-26-,38-34-. The molecule has 0 fully saturated rings. The highest BCUT2D eigenvalue weighted by molar-refractivity contribution is 5.70. The van der Waals surface area contributed by atoms with E-state index in [0.29, 0.717) is 19.4 Å². The molecule has 0 radical (unpaired) electrons. The van der Waals surface area contributed by atoms with Crippen LogP contribution in [-0.2, 0) is 23.8 Å². The van der Waals surface area contributed by atoms with Gasteiger partial charge in [-0.15, -0.1) is 0 Å². The molecule has 0 heterocycles. The molecular weight excluding hydrogens is 789 g/mol. The molecule has 0 saturated heterocycles. The predicted molar refractivity (Wildman–Crippen MR) is 279 cm³/mol. The highest BCUT2D eigenvalue weighted by Gasteiger charge is 2.17. The quantitative estimate of drug-likeness (QED) is 0.0346. The molecule has 0 aliphatic rings. The first-order chi connectivity index (χ1) is 31.6. The van der Waals surface area contributed by atoms with Crippen molar-refractivity contribution < 1.29 is 23.8 Å². The van der Waals surface area contributed by atoms with Crippen molar-refractivity contribution in [1.82, 2.24) is 0 Å². The number of carbonyl (C=O) groups is 2. The van der Waals surface area contributed by atoms with Crippen LogP contribution >= 0.6 is 0 Å². The van der Waals surface area contributed by atoms with E-state index in [1.807, 2.05) is 0 Å². The summed E-state index contributed by atoms with van der Waals surface area (Å²) in [5, 5.41) is 0. The van der Waals surface area contributed by atoms with Crippen LogP contribution < -0.4 is 0 Å². The molecule has 0 aromatic carbocycles. The van der Waals surface area contributed by atoms with Gasteiger partial charge in [0.2, 0.25) is 0 Å². The van der Waals surface area contributed by atoms with Crippen LogP contribution in [0.1, 0.15) is 290 Å². The van der Waals surface area contributed by atoms with Crippen LogP contribution in [0.25, 0.3) is 0 Å². The lowest BCUT2D eigenvalue weighted by molar-refractivity contribution is -0.163. The van der Waals surface area contributed by atoms with Crippen molar-refractivity contribution in [2.75, 3.05) is 19.8 Å². The Balaban J connectivity index is 4.24. The van der Waals surface area contributed by atoms with E-state index in [1.54, 1.807) is 0 Å². The molecule has 0 aromatic rings. The molecule has 0 aliphatic carbocycles. The predicted octanol–water partition coefficient (Wildman–Crippen LogP) is 19.1. The first kappa shape index (κ1) is 61.9. The Hall–Kier alpha value is -2.14. The van der Waals surface area contributed by atoms with Crippen LogP contribution in [-0.4, -0.2) is 37.9 Å². The Labute approximate surface area is 399 Å². The summed E-state index contributed by atoms with van der Waals surface area (Å²) in [6.07, 6.45) is 68.5. The molecule has 0 saturated carbocycles. The molecule has 374 valence electrons. The lowest BCUT2D eigenvalue weighted by Gasteiger charge is -2.18. The van der Waals surface area contributed by atoms with E-state index in [2.05, 4.69) is 69.4 Å². The van der Waals surface area contributed by atoms with Gasteiger partial charge in [0.25, 0.3) is 0 Å². The number of esters is 2. The molecule has 0 bridgehead atoms. The SMILES string of the molecule is CC/C=C\C/C=C\C/C=C\CCCCCC(=O)OC(COCCCCCCCCCCCCCCCCCCCC)COC(=O)CCCCCCCCC/C=C\CCCCCCCC. The maximum atomic E-state index is 12.8. The van der Waals surface area contributed by atoms with E-state index in [1.165, 1.54) is 186 Å². The molecule has 0 amide bonds. The minimum absolute atomic E-state index is 0.0746. The Morgan fingerprint density at radius 3 is 1.16 bits per heavy atom. The maximum absolute atomic E-state index is 12.8. The first-order valence-corrected chi connectivity index (χ1v) is 28.2. The zero-order chi connectivity index (χ0) is 46.3. The van der Waals surface area contributed by atoms with Crippen LogP contribution in [0.5, 0.6) is 0 Å². The van der Waals surface area contributed by atoms with Gasteiger partial charge < -0.3 is 14.2 Å². The second-order valence-corrected chi connectivity index (χ2v) is 18.8. The summed E-state index contributed by atoms with van der Waals surface area (Å²) < 4.78 is 17.4. The molecule has 1 unspecified atom stereocenters. The summed E-state index contributed by atoms with van der Waals surface area (Å²) in [5.74, 6) is -0.422. The lowest BCUT2D eigenvalue weighted by atomic mass is 10.0. The smallest absolute Gasteiger partial charge is 0.306 e. The molecular formula is C59H108O5. The van der Waals surface area contributed by atoms with Crippen molar-refractivity contribution in [1.29, 1.82) is 0 Å². The lowest BCUT2D eigenvalue weighted by Crippen LogP contribution is -2.30. The summed E-state index contributed by atoms with van der Waals surface area (Å²) in [6, 6.07) is 0. The van der Waals surface area contributed by atoms with E-state index >= 15 is 0 Å². The normalized spacial score (nSPS) is 12.5. The highest BCUT2D eigenvalue weighted by Crippen LogP contribution is 2.16. The van der Waals surface area contributed by atoms with E-state index in [-0.39, 0.29) is 25.2 Å². The Morgan fingerprint density at radius 1 is 0.359 bits per heavy atom. The van der Waals surface area contributed by atoms with Gasteiger partial charge in [-0.25, -0.2) is 0 Å². The summed E-state index contributed by atoms with van der Waals surface area (Å²) in [7, 11) is 0. The minimum atomic E-state index is -0.550. The second-order valence-electron chi connectivity index (χ2n) is 18.8. The van der Waals surface area contributed by atoms with Crippen LogP contribution in [0.15, 0.2) is 48.6 Å². The highest BCUT2D eigenvalue weighted by atomic mass is 16.6. The fourth-order valence-corrected chi connectivity index (χ4v) is 8.17. The minimum Gasteiger partial charge on any atom is -0.462 e. The molecule has 0 aromatic heterocycles. The Kier molecular flexibility index (Phi) is 53.3. The largest absolute Gasteiger partial charge is 0.462 e. The van der Waals surface area contributed by atoms with E-state index < -0.39 is 6.10 Å². The van der Waals surface area contributed by atoms with Gasteiger partial charge in [0.1, 0.15) is 6.61 Å². The van der Waals surface area contributed by atoms with Gasteiger partial charge in [-0.2, -0.15) is 0 Å². The zero-order valence-electron chi connectivity index (χ0n) is 43.1. The van der Waals surface area contributed by atoms with E-state index in [0.717, 1.165) is 70.6 Å². The van der Waals surface area contributed by atoms with E-state index in [4.69, 9.17) is 14.2 Å². The van der Waals surface area contributed by atoms with E-state index in [9.17, 15) is 9.59 Å². The number of allylic oxidation sites excluding steroid dienone is 8. The van der Waals surface area contributed by atoms with Crippen LogP contribution in [0, 0.1) is 0 Å². The molecule has 0 aliphatic heterocycles. The third kappa shape index (κ3) is 52.5. The van der Waals surface area contributed by atoms with Crippen LogP contribution in [0.3, 0.4) is 0 Å². The summed E-state index contributed by atoms with van der Waals surface area (Å²) in [6.45, 7) is 7.72. The Morgan fingerprint density at radius 2 is 0.703 bits per heavy atom. The molecule has 0 rings (SSSR count). The fourth-order valence-electron chi connectivity index (χ4n) is 8.17. The molecule has 0 spiro atoms. The Bertz CT molecular complexity index is 1060. The summed E-state index contributed by atoms with van der Waals surface area (Å²) >= 11 is 0. The number of carbonyl (C=O) groups excluding carboxylic acids is 2. The van der Waals surface area contributed by atoms with Crippen LogP contribution in [0.4, 0.5) is 0 Å². The number of unbranched alkanes of at least 4 members (excludes halogenated alkanes) is 33. The average molecular weight is 898 g/mol. The average Bonchev–Trinajstić information content (AvgIpc) is 3.30. The molecule has 5 heteroatoms. The summed E-state index contributed by atoms with van der Waals surface area (Å²) in [5.41, 5.74) is 0. The number of rotatable bonds is 52. The van der Waals surface area contributed by atoms with Crippen LogP contribution in [0.2, 0.25) is 0 Å². The molecule has 64 heavy (non-hydrogen) atoms. The van der Waals surface area contributed by atoms with Crippen molar-refractivity contribution in [2.45, 2.75) is 297 Å².